The Morgan fingerprint density at radius 1 is 1.17 bits per heavy atom. The van der Waals surface area contributed by atoms with Crippen molar-refractivity contribution in [1.29, 1.82) is 0 Å². The maximum atomic E-state index is 12.9. The molecule has 1 aromatic heterocycles. The number of thiazole rings is 1. The lowest BCUT2D eigenvalue weighted by Crippen LogP contribution is -2.25. The number of nitrogens with one attached hydrogen (secondary N) is 2. The molecule has 0 spiro atoms. The highest BCUT2D eigenvalue weighted by Gasteiger charge is 2.17. The van der Waals surface area contributed by atoms with E-state index in [1.807, 2.05) is 11.4 Å². The Kier molecular flexibility index (Phi) is 7.81. The Balaban J connectivity index is 1.49. The van der Waals surface area contributed by atoms with Crippen LogP contribution in [0.2, 0.25) is 0 Å². The summed E-state index contributed by atoms with van der Waals surface area (Å²) in [5, 5.41) is 6.95. The summed E-state index contributed by atoms with van der Waals surface area (Å²) in [5.74, 6) is -0.236. The number of aromatic nitrogens is 1. The summed E-state index contributed by atoms with van der Waals surface area (Å²) in [6.45, 7) is 2.04. The van der Waals surface area contributed by atoms with Gasteiger partial charge in [-0.1, -0.05) is 12.1 Å². The normalized spacial score (nSPS) is 11.5. The Morgan fingerprint density at radius 3 is 2.67 bits per heavy atom. The first kappa shape index (κ1) is 21.8. The highest BCUT2D eigenvalue weighted by Crippen LogP contribution is 2.26. The average Bonchev–Trinajstić information content (AvgIpc) is 3.26. The summed E-state index contributed by atoms with van der Waals surface area (Å²) in [7, 11) is 0. The van der Waals surface area contributed by atoms with Crippen LogP contribution in [-0.2, 0) is 16.2 Å². The molecule has 3 rings (SSSR count). The summed E-state index contributed by atoms with van der Waals surface area (Å²) in [6, 6.07) is 12.7. The quantitative estimate of drug-likeness (QED) is 0.505. The number of carbonyl (C=O) groups excluding carboxylic acids is 2. The van der Waals surface area contributed by atoms with Gasteiger partial charge in [0.05, 0.1) is 27.9 Å². The molecule has 156 valence electrons. The van der Waals surface area contributed by atoms with Gasteiger partial charge in [-0.25, -0.2) is 9.37 Å². The highest BCUT2D eigenvalue weighted by atomic mass is 32.2. The van der Waals surface area contributed by atoms with Gasteiger partial charge in [0.25, 0.3) is 0 Å². The third-order valence-electron chi connectivity index (χ3n) is 3.97. The zero-order valence-electron chi connectivity index (χ0n) is 16.1. The zero-order chi connectivity index (χ0) is 21.3. The van der Waals surface area contributed by atoms with Crippen LogP contribution in [0.15, 0.2) is 59.4 Å². The molecule has 1 unspecified atom stereocenters. The Labute approximate surface area is 181 Å². The second kappa shape index (κ2) is 10.7. The third-order valence-corrected chi connectivity index (χ3v) is 5.74. The van der Waals surface area contributed by atoms with Gasteiger partial charge in [0.2, 0.25) is 11.8 Å². The highest BCUT2D eigenvalue weighted by molar-refractivity contribution is 8.01. The summed E-state index contributed by atoms with van der Waals surface area (Å²) in [4.78, 5) is 28.8. The van der Waals surface area contributed by atoms with Crippen LogP contribution in [0.5, 0.6) is 5.75 Å². The summed E-state index contributed by atoms with van der Waals surface area (Å²) in [6.07, 6.45) is 0. The predicted octanol–water partition coefficient (Wildman–Crippen LogP) is 4.56. The van der Waals surface area contributed by atoms with Crippen LogP contribution in [0.1, 0.15) is 12.6 Å². The number of nitrogens with zero attached hydrogens (tertiary/aromatic N) is 1. The van der Waals surface area contributed by atoms with Crippen molar-refractivity contribution in [1.82, 2.24) is 4.98 Å². The number of rotatable bonds is 9. The number of thioether (sulfide) groups is 1. The van der Waals surface area contributed by atoms with E-state index in [1.54, 1.807) is 30.6 Å². The monoisotopic (exact) mass is 445 g/mol. The molecule has 2 amide bonds. The molecule has 2 N–H and O–H groups in total. The van der Waals surface area contributed by atoms with Crippen LogP contribution in [0.25, 0.3) is 0 Å². The molecule has 0 aliphatic rings. The molecule has 0 aliphatic heterocycles. The number of benzene rings is 2. The molecule has 1 atom stereocenters. The van der Waals surface area contributed by atoms with Crippen molar-refractivity contribution in [2.75, 3.05) is 16.4 Å². The minimum absolute atomic E-state index is 0.0912. The third kappa shape index (κ3) is 6.57. The largest absolute Gasteiger partial charge is 0.485 e. The molecule has 0 bridgehead atoms. The Bertz CT molecular complexity index is 981. The van der Waals surface area contributed by atoms with Crippen LogP contribution in [0.3, 0.4) is 0 Å². The van der Waals surface area contributed by atoms with Crippen molar-refractivity contribution in [2.45, 2.75) is 18.8 Å². The van der Waals surface area contributed by atoms with Crippen molar-refractivity contribution < 1.29 is 18.7 Å². The summed E-state index contributed by atoms with van der Waals surface area (Å²) in [5.41, 5.74) is 3.61. The van der Waals surface area contributed by atoms with Crippen molar-refractivity contribution >= 4 is 46.3 Å². The fraction of sp³-hybridized carbons (Fsp3) is 0.190. The molecule has 0 aliphatic carbocycles. The van der Waals surface area contributed by atoms with Crippen LogP contribution in [0, 0.1) is 5.82 Å². The number of ether oxygens (including phenoxy) is 1. The minimum atomic E-state index is -0.462. The number of anilines is 2. The van der Waals surface area contributed by atoms with Gasteiger partial charge in [0.1, 0.15) is 18.2 Å². The maximum Gasteiger partial charge on any atom is 0.237 e. The SMILES string of the molecule is CC(SCC(=O)Nc1ccc(F)cc1)C(=O)Nc1ccccc1OCc1cscn1. The topological polar surface area (TPSA) is 80.3 Å². The molecule has 0 radical (unpaired) electrons. The van der Waals surface area contributed by atoms with Gasteiger partial charge in [-0.3, -0.25) is 9.59 Å². The van der Waals surface area contributed by atoms with Crippen molar-refractivity contribution in [3.63, 3.8) is 0 Å². The molecule has 0 saturated carbocycles. The summed E-state index contributed by atoms with van der Waals surface area (Å²) < 4.78 is 18.7. The Morgan fingerprint density at radius 2 is 1.93 bits per heavy atom. The summed E-state index contributed by atoms with van der Waals surface area (Å²) >= 11 is 2.69. The second-order valence-corrected chi connectivity index (χ2v) is 8.31. The van der Waals surface area contributed by atoms with Crippen LogP contribution in [-0.4, -0.2) is 27.8 Å². The molecule has 0 fully saturated rings. The zero-order valence-corrected chi connectivity index (χ0v) is 17.8. The van der Waals surface area contributed by atoms with Gasteiger partial charge in [-0.15, -0.1) is 23.1 Å². The van der Waals surface area contributed by atoms with E-state index in [-0.39, 0.29) is 23.4 Å². The van der Waals surface area contributed by atoms with Gasteiger partial charge in [-0.05, 0) is 43.3 Å². The average molecular weight is 446 g/mol. The van der Waals surface area contributed by atoms with Crippen LogP contribution >= 0.6 is 23.1 Å². The van der Waals surface area contributed by atoms with Gasteiger partial charge >= 0.3 is 0 Å². The first-order chi connectivity index (χ1) is 14.5. The first-order valence-electron chi connectivity index (χ1n) is 9.08. The lowest BCUT2D eigenvalue weighted by Gasteiger charge is -2.15. The molecular formula is C21H20FN3O3S2. The number of carbonyl (C=O) groups is 2. The van der Waals surface area contributed by atoms with Crippen molar-refractivity contribution in [3.05, 3.63) is 70.9 Å². The first-order valence-corrected chi connectivity index (χ1v) is 11.1. The molecule has 30 heavy (non-hydrogen) atoms. The van der Waals surface area contributed by atoms with Crippen LogP contribution < -0.4 is 15.4 Å². The standard InChI is InChI=1S/C21H20FN3O3S2/c1-14(30-12-20(26)24-16-8-6-15(22)7-9-16)21(27)25-18-4-2-3-5-19(18)28-10-17-11-29-13-23-17/h2-9,11,13-14H,10,12H2,1H3,(H,24,26)(H,25,27). The number of hydrogen-bond donors (Lipinski definition) is 2. The van der Waals surface area contributed by atoms with E-state index in [4.69, 9.17) is 4.74 Å². The molecule has 0 saturated heterocycles. The molecular weight excluding hydrogens is 425 g/mol. The van der Waals surface area contributed by atoms with Gasteiger partial charge in [0.15, 0.2) is 0 Å². The lowest BCUT2D eigenvalue weighted by molar-refractivity contribution is -0.115. The van der Waals surface area contributed by atoms with Crippen molar-refractivity contribution in [2.24, 2.45) is 0 Å². The van der Waals surface area contributed by atoms with E-state index in [0.29, 0.717) is 23.7 Å². The van der Waals surface area contributed by atoms with E-state index in [2.05, 4.69) is 15.6 Å². The number of amides is 2. The molecule has 6 nitrogen and oxygen atoms in total. The fourth-order valence-corrected chi connectivity index (χ4v) is 3.62. The van der Waals surface area contributed by atoms with E-state index < -0.39 is 5.25 Å². The molecule has 3 aromatic rings. The van der Waals surface area contributed by atoms with Gasteiger partial charge in [-0.2, -0.15) is 0 Å². The number of hydrogen-bond acceptors (Lipinski definition) is 6. The molecule has 1 heterocycles. The van der Waals surface area contributed by atoms with E-state index in [9.17, 15) is 14.0 Å². The Hall–Kier alpha value is -2.91. The van der Waals surface area contributed by atoms with Crippen LogP contribution in [0.4, 0.5) is 15.8 Å². The van der Waals surface area contributed by atoms with E-state index >= 15 is 0 Å². The predicted molar refractivity (Wildman–Crippen MR) is 118 cm³/mol. The lowest BCUT2D eigenvalue weighted by atomic mass is 10.3. The smallest absolute Gasteiger partial charge is 0.237 e. The number of para-hydroxylation sites is 2. The van der Waals surface area contributed by atoms with Gasteiger partial charge < -0.3 is 15.4 Å². The van der Waals surface area contributed by atoms with E-state index in [1.165, 1.54) is 47.4 Å². The van der Waals surface area contributed by atoms with Gasteiger partial charge in [0, 0.05) is 11.1 Å². The maximum absolute atomic E-state index is 12.9. The molecule has 2 aromatic carbocycles. The minimum Gasteiger partial charge on any atom is -0.485 e. The molecule has 9 heteroatoms. The van der Waals surface area contributed by atoms with Crippen molar-refractivity contribution in [3.8, 4) is 5.75 Å². The second-order valence-electron chi connectivity index (χ2n) is 6.26. The van der Waals surface area contributed by atoms with E-state index in [0.717, 1.165) is 5.69 Å². The fourth-order valence-electron chi connectivity index (χ4n) is 2.40. The number of halogens is 1.